The Hall–Kier alpha value is -1.63. The largest absolute Gasteiger partial charge is 0.480 e. The predicted molar refractivity (Wildman–Crippen MR) is 94.7 cm³/mol. The van der Waals surface area contributed by atoms with E-state index in [9.17, 15) is 14.0 Å². The van der Waals surface area contributed by atoms with Gasteiger partial charge in [-0.15, -0.1) is 0 Å². The van der Waals surface area contributed by atoms with Crippen LogP contribution in [0.2, 0.25) is 0 Å². The van der Waals surface area contributed by atoms with Gasteiger partial charge in [0.1, 0.15) is 11.6 Å². The van der Waals surface area contributed by atoms with Crippen LogP contribution < -0.4 is 4.74 Å². The van der Waals surface area contributed by atoms with Gasteiger partial charge < -0.3 is 14.5 Å². The summed E-state index contributed by atoms with van der Waals surface area (Å²) in [5, 5.41) is 0. The number of benzene rings is 1. The summed E-state index contributed by atoms with van der Waals surface area (Å²) in [4.78, 5) is 28.4. The molecule has 2 fully saturated rings. The summed E-state index contributed by atoms with van der Waals surface area (Å²) in [6.07, 6.45) is 2.46. The first-order chi connectivity index (χ1) is 12.0. The molecule has 1 aromatic carbocycles. The van der Waals surface area contributed by atoms with Crippen molar-refractivity contribution in [3.05, 3.63) is 28.5 Å². The van der Waals surface area contributed by atoms with Crippen molar-refractivity contribution < 1.29 is 18.7 Å². The fourth-order valence-electron chi connectivity index (χ4n) is 3.13. The zero-order valence-electron chi connectivity index (χ0n) is 14.2. The highest BCUT2D eigenvalue weighted by Crippen LogP contribution is 2.29. The lowest BCUT2D eigenvalue weighted by Crippen LogP contribution is -2.54. The van der Waals surface area contributed by atoms with E-state index in [-0.39, 0.29) is 23.5 Å². The lowest BCUT2D eigenvalue weighted by atomic mass is 9.84. The monoisotopic (exact) mass is 412 g/mol. The van der Waals surface area contributed by atoms with Crippen LogP contribution in [0.15, 0.2) is 22.7 Å². The second-order valence-electron chi connectivity index (χ2n) is 6.61. The van der Waals surface area contributed by atoms with Gasteiger partial charge in [-0.05, 0) is 53.9 Å². The molecule has 1 unspecified atom stereocenters. The Labute approximate surface area is 155 Å². The number of ether oxygens (including phenoxy) is 1. The number of rotatable bonds is 4. The van der Waals surface area contributed by atoms with Gasteiger partial charge in [-0.2, -0.15) is 0 Å². The summed E-state index contributed by atoms with van der Waals surface area (Å²) < 4.78 is 19.3. The molecule has 1 aliphatic carbocycles. The normalized spacial score (nSPS) is 19.3. The summed E-state index contributed by atoms with van der Waals surface area (Å²) in [7, 11) is 0. The van der Waals surface area contributed by atoms with Crippen molar-refractivity contribution in [3.8, 4) is 5.75 Å². The third-order valence-corrected chi connectivity index (χ3v) is 5.52. The van der Waals surface area contributed by atoms with Gasteiger partial charge in [0, 0.05) is 32.1 Å². The Kier molecular flexibility index (Phi) is 5.61. The molecule has 5 nitrogen and oxygen atoms in total. The van der Waals surface area contributed by atoms with E-state index in [1.165, 1.54) is 18.2 Å². The Bertz CT molecular complexity index is 658. The van der Waals surface area contributed by atoms with Gasteiger partial charge >= 0.3 is 0 Å². The molecule has 7 heteroatoms. The Morgan fingerprint density at radius 3 is 2.40 bits per heavy atom. The first-order valence-electron chi connectivity index (χ1n) is 8.65. The lowest BCUT2D eigenvalue weighted by Gasteiger charge is -2.38. The van der Waals surface area contributed by atoms with Crippen LogP contribution in [0.1, 0.15) is 26.2 Å². The molecule has 1 saturated heterocycles. The van der Waals surface area contributed by atoms with Gasteiger partial charge in [0.2, 0.25) is 5.91 Å². The minimum absolute atomic E-state index is 0.119. The molecule has 0 N–H and O–H groups in total. The zero-order valence-corrected chi connectivity index (χ0v) is 15.8. The standard InChI is InChI=1S/C18H22BrFN2O3/c1-12(25-16-6-5-14(20)11-15(16)19)17(23)21-7-9-22(10-8-21)18(24)13-3-2-4-13/h5-6,11-13H,2-4,7-10H2,1H3. The fourth-order valence-corrected chi connectivity index (χ4v) is 3.57. The third kappa shape index (κ3) is 4.14. The highest BCUT2D eigenvalue weighted by atomic mass is 79.9. The maximum Gasteiger partial charge on any atom is 0.263 e. The molecule has 0 radical (unpaired) electrons. The van der Waals surface area contributed by atoms with E-state index in [1.54, 1.807) is 11.8 Å². The summed E-state index contributed by atoms with van der Waals surface area (Å²) in [5.41, 5.74) is 0. The summed E-state index contributed by atoms with van der Waals surface area (Å²) in [5.74, 6) is 0.372. The number of piperazine rings is 1. The van der Waals surface area contributed by atoms with Crippen molar-refractivity contribution in [2.45, 2.75) is 32.3 Å². The van der Waals surface area contributed by atoms with Crippen LogP contribution in [0.4, 0.5) is 4.39 Å². The van der Waals surface area contributed by atoms with E-state index in [0.717, 1.165) is 19.3 Å². The first-order valence-corrected chi connectivity index (χ1v) is 9.44. The lowest BCUT2D eigenvalue weighted by molar-refractivity contribution is -0.146. The van der Waals surface area contributed by atoms with Crippen LogP contribution in [0.5, 0.6) is 5.75 Å². The van der Waals surface area contributed by atoms with Crippen LogP contribution in [-0.2, 0) is 9.59 Å². The van der Waals surface area contributed by atoms with Crippen molar-refractivity contribution in [3.63, 3.8) is 0 Å². The van der Waals surface area contributed by atoms with E-state index in [4.69, 9.17) is 4.74 Å². The topological polar surface area (TPSA) is 49.9 Å². The molecule has 3 rings (SSSR count). The molecular weight excluding hydrogens is 391 g/mol. The van der Waals surface area contributed by atoms with Crippen molar-refractivity contribution in [1.29, 1.82) is 0 Å². The quantitative estimate of drug-likeness (QED) is 0.763. The number of hydrogen-bond acceptors (Lipinski definition) is 3. The van der Waals surface area contributed by atoms with Crippen LogP contribution in [0, 0.1) is 11.7 Å². The molecule has 25 heavy (non-hydrogen) atoms. The van der Waals surface area contributed by atoms with Gasteiger partial charge in [-0.1, -0.05) is 6.42 Å². The maximum atomic E-state index is 13.1. The number of carbonyl (C=O) groups is 2. The van der Waals surface area contributed by atoms with E-state index in [1.807, 2.05) is 4.90 Å². The van der Waals surface area contributed by atoms with Crippen LogP contribution in [0.3, 0.4) is 0 Å². The molecule has 1 aliphatic heterocycles. The second kappa shape index (κ2) is 7.72. The van der Waals surface area contributed by atoms with Crippen LogP contribution >= 0.6 is 15.9 Å². The number of halogens is 2. The Morgan fingerprint density at radius 2 is 1.84 bits per heavy atom. The van der Waals surface area contributed by atoms with Crippen molar-refractivity contribution in [2.24, 2.45) is 5.92 Å². The SMILES string of the molecule is CC(Oc1ccc(F)cc1Br)C(=O)N1CCN(C(=O)C2CCC2)CC1. The minimum Gasteiger partial charge on any atom is -0.480 e. The number of amides is 2. The molecule has 2 aliphatic rings. The van der Waals surface area contributed by atoms with Gasteiger partial charge in [0.15, 0.2) is 6.10 Å². The number of nitrogens with zero attached hydrogens (tertiary/aromatic N) is 2. The van der Waals surface area contributed by atoms with Crippen LogP contribution in [-0.4, -0.2) is 53.9 Å². The average molecular weight is 413 g/mol. The van der Waals surface area contributed by atoms with Crippen LogP contribution in [0.25, 0.3) is 0 Å². The fraction of sp³-hybridized carbons (Fsp3) is 0.556. The first kappa shape index (κ1) is 18.2. The predicted octanol–water partition coefficient (Wildman–Crippen LogP) is 2.83. The van der Waals surface area contributed by atoms with Crippen molar-refractivity contribution >= 4 is 27.7 Å². The Morgan fingerprint density at radius 1 is 1.20 bits per heavy atom. The van der Waals surface area contributed by atoms with Crippen molar-refractivity contribution in [2.75, 3.05) is 26.2 Å². The molecule has 1 heterocycles. The van der Waals surface area contributed by atoms with Gasteiger partial charge in [0.05, 0.1) is 4.47 Å². The second-order valence-corrected chi connectivity index (χ2v) is 7.47. The molecule has 0 bridgehead atoms. The van der Waals surface area contributed by atoms with E-state index in [2.05, 4.69) is 15.9 Å². The van der Waals surface area contributed by atoms with Gasteiger partial charge in [0.25, 0.3) is 5.91 Å². The number of carbonyl (C=O) groups excluding carboxylic acids is 2. The molecular formula is C18H22BrFN2O3. The highest BCUT2D eigenvalue weighted by molar-refractivity contribution is 9.10. The summed E-state index contributed by atoms with van der Waals surface area (Å²) in [6.45, 7) is 3.89. The molecule has 0 aromatic heterocycles. The molecule has 0 spiro atoms. The third-order valence-electron chi connectivity index (χ3n) is 4.90. The van der Waals surface area contributed by atoms with E-state index in [0.29, 0.717) is 36.4 Å². The molecule has 136 valence electrons. The van der Waals surface area contributed by atoms with Crippen molar-refractivity contribution in [1.82, 2.24) is 9.80 Å². The molecule has 1 atom stereocenters. The molecule has 2 amide bonds. The van der Waals surface area contributed by atoms with Gasteiger partial charge in [-0.3, -0.25) is 9.59 Å². The van der Waals surface area contributed by atoms with Gasteiger partial charge in [-0.25, -0.2) is 4.39 Å². The Balaban J connectivity index is 1.52. The number of hydrogen-bond donors (Lipinski definition) is 0. The maximum absolute atomic E-state index is 13.1. The van der Waals surface area contributed by atoms with E-state index < -0.39 is 6.10 Å². The molecule has 1 saturated carbocycles. The average Bonchev–Trinajstić information content (AvgIpc) is 2.55. The smallest absolute Gasteiger partial charge is 0.263 e. The summed E-state index contributed by atoms with van der Waals surface area (Å²) in [6, 6.07) is 4.10. The highest BCUT2D eigenvalue weighted by Gasteiger charge is 2.33. The van der Waals surface area contributed by atoms with E-state index >= 15 is 0 Å². The zero-order chi connectivity index (χ0) is 18.0. The molecule has 1 aromatic rings. The minimum atomic E-state index is -0.671. The summed E-state index contributed by atoms with van der Waals surface area (Å²) >= 11 is 3.24.